The van der Waals surface area contributed by atoms with E-state index in [0.717, 1.165) is 0 Å². The molecule has 1 aromatic rings. The Kier molecular flexibility index (Phi) is 4.23. The van der Waals surface area contributed by atoms with Gasteiger partial charge in [0.15, 0.2) is 6.04 Å². The molecule has 0 radical (unpaired) electrons. The molecule has 8 heteroatoms. The first kappa shape index (κ1) is 14.6. The van der Waals surface area contributed by atoms with Crippen molar-refractivity contribution in [2.45, 2.75) is 19.9 Å². The predicted molar refractivity (Wildman–Crippen MR) is 71.0 cm³/mol. The first-order valence-corrected chi connectivity index (χ1v) is 6.42. The van der Waals surface area contributed by atoms with Crippen LogP contribution in [0.4, 0.5) is 5.82 Å². The summed E-state index contributed by atoms with van der Waals surface area (Å²) >= 11 is 0. The molecule has 1 aliphatic heterocycles. The van der Waals surface area contributed by atoms with Gasteiger partial charge >= 0.3 is 11.9 Å². The zero-order valence-corrected chi connectivity index (χ0v) is 11.6. The summed E-state index contributed by atoms with van der Waals surface area (Å²) in [4.78, 5) is 24.1. The van der Waals surface area contributed by atoms with Gasteiger partial charge in [0.25, 0.3) is 0 Å². The van der Waals surface area contributed by atoms with Gasteiger partial charge < -0.3 is 14.8 Å². The monoisotopic (exact) mass is 290 g/mol. The molecule has 8 nitrogen and oxygen atoms in total. The van der Waals surface area contributed by atoms with Crippen molar-refractivity contribution in [3.8, 4) is 6.07 Å². The lowest BCUT2D eigenvalue weighted by atomic mass is 10.1. The zero-order chi connectivity index (χ0) is 15.4. The standard InChI is InChI=1S/C13H14N4O4/c1-3-20-12(18)9-7-15-11-8(5-14)6-16-17(11)10(9)13(19)21-4-2/h6-7,10,15H,3-4H2,1-2H3. The van der Waals surface area contributed by atoms with E-state index in [9.17, 15) is 9.59 Å². The summed E-state index contributed by atoms with van der Waals surface area (Å²) in [6.07, 6.45) is 2.66. The second-order valence-electron chi connectivity index (χ2n) is 4.08. The van der Waals surface area contributed by atoms with Gasteiger partial charge in [0.2, 0.25) is 0 Å². The maximum Gasteiger partial charge on any atom is 0.338 e. The van der Waals surface area contributed by atoms with E-state index in [4.69, 9.17) is 14.7 Å². The highest BCUT2D eigenvalue weighted by molar-refractivity contribution is 5.98. The van der Waals surface area contributed by atoms with Crippen molar-refractivity contribution in [1.29, 1.82) is 5.26 Å². The van der Waals surface area contributed by atoms with Gasteiger partial charge in [0.1, 0.15) is 17.5 Å². The van der Waals surface area contributed by atoms with Gasteiger partial charge in [-0.2, -0.15) is 10.4 Å². The van der Waals surface area contributed by atoms with E-state index in [1.54, 1.807) is 13.8 Å². The SMILES string of the molecule is CCOC(=O)C1=CNc2c(C#N)cnn2C1C(=O)OCC. The van der Waals surface area contributed by atoms with Crippen LogP contribution in [0, 0.1) is 11.3 Å². The van der Waals surface area contributed by atoms with Gasteiger partial charge in [-0.1, -0.05) is 0 Å². The number of aromatic nitrogens is 2. The fourth-order valence-electron chi connectivity index (χ4n) is 1.97. The average Bonchev–Trinajstić information content (AvgIpc) is 2.89. The first-order valence-electron chi connectivity index (χ1n) is 6.42. The van der Waals surface area contributed by atoms with Gasteiger partial charge in [-0.25, -0.2) is 14.3 Å². The largest absolute Gasteiger partial charge is 0.464 e. The van der Waals surface area contributed by atoms with Crippen LogP contribution in [-0.2, 0) is 19.1 Å². The summed E-state index contributed by atoms with van der Waals surface area (Å²) in [5.74, 6) is -0.932. The molecule has 1 N–H and O–H groups in total. The van der Waals surface area contributed by atoms with Crippen molar-refractivity contribution in [2.75, 3.05) is 18.5 Å². The molecule has 110 valence electrons. The molecule has 1 aliphatic rings. The molecular weight excluding hydrogens is 276 g/mol. The number of esters is 2. The lowest BCUT2D eigenvalue weighted by Gasteiger charge is -2.24. The number of ether oxygens (including phenoxy) is 2. The topological polar surface area (TPSA) is 106 Å². The number of nitrogens with one attached hydrogen (secondary N) is 1. The van der Waals surface area contributed by atoms with Crippen LogP contribution in [0.15, 0.2) is 18.0 Å². The fourth-order valence-corrected chi connectivity index (χ4v) is 1.97. The molecule has 1 aromatic heterocycles. The summed E-state index contributed by atoms with van der Waals surface area (Å²) < 4.78 is 11.2. The van der Waals surface area contributed by atoms with Gasteiger partial charge in [-0.05, 0) is 13.8 Å². The quantitative estimate of drug-likeness (QED) is 0.815. The van der Waals surface area contributed by atoms with E-state index in [-0.39, 0.29) is 24.4 Å². The molecule has 0 bridgehead atoms. The van der Waals surface area contributed by atoms with Gasteiger partial charge in [-0.3, -0.25) is 0 Å². The van der Waals surface area contributed by atoms with Crippen LogP contribution in [0.25, 0.3) is 0 Å². The Morgan fingerprint density at radius 1 is 1.43 bits per heavy atom. The van der Waals surface area contributed by atoms with Crippen molar-refractivity contribution < 1.29 is 19.1 Å². The summed E-state index contributed by atoms with van der Waals surface area (Å²) in [5.41, 5.74) is 0.346. The van der Waals surface area contributed by atoms with Crippen LogP contribution in [-0.4, -0.2) is 34.9 Å². The molecule has 2 heterocycles. The van der Waals surface area contributed by atoms with Crippen LogP contribution in [0.2, 0.25) is 0 Å². The van der Waals surface area contributed by atoms with Crippen LogP contribution in [0.3, 0.4) is 0 Å². The highest BCUT2D eigenvalue weighted by atomic mass is 16.5. The van der Waals surface area contributed by atoms with E-state index in [0.29, 0.717) is 5.82 Å². The van der Waals surface area contributed by atoms with Gasteiger partial charge in [0.05, 0.1) is 25.0 Å². The summed E-state index contributed by atoms with van der Waals surface area (Å²) in [6.45, 7) is 3.68. The molecule has 0 aromatic carbocycles. The van der Waals surface area contributed by atoms with E-state index >= 15 is 0 Å². The third-order valence-corrected chi connectivity index (χ3v) is 2.84. The Morgan fingerprint density at radius 3 is 2.76 bits per heavy atom. The van der Waals surface area contributed by atoms with Crippen molar-refractivity contribution in [1.82, 2.24) is 9.78 Å². The maximum atomic E-state index is 12.1. The number of anilines is 1. The molecule has 0 saturated carbocycles. The fraction of sp³-hybridized carbons (Fsp3) is 0.385. The second-order valence-corrected chi connectivity index (χ2v) is 4.08. The number of fused-ring (bicyclic) bond motifs is 1. The third-order valence-electron chi connectivity index (χ3n) is 2.84. The molecule has 1 unspecified atom stereocenters. The third kappa shape index (κ3) is 2.58. The smallest absolute Gasteiger partial charge is 0.338 e. The van der Waals surface area contributed by atoms with E-state index in [1.165, 1.54) is 17.1 Å². The Hall–Kier alpha value is -2.82. The van der Waals surface area contributed by atoms with Crippen LogP contribution < -0.4 is 5.32 Å². The minimum Gasteiger partial charge on any atom is -0.464 e. The Bertz CT molecular complexity index is 641. The highest BCUT2D eigenvalue weighted by Gasteiger charge is 2.37. The molecule has 0 fully saturated rings. The number of nitrogens with zero attached hydrogens (tertiary/aromatic N) is 3. The number of carbonyl (C=O) groups excluding carboxylic acids is 2. The lowest BCUT2D eigenvalue weighted by Crippen LogP contribution is -2.32. The number of hydrogen-bond donors (Lipinski definition) is 1. The molecule has 1 atom stereocenters. The molecular formula is C13H14N4O4. The van der Waals surface area contributed by atoms with Gasteiger partial charge in [0, 0.05) is 6.20 Å². The number of carbonyl (C=O) groups is 2. The van der Waals surface area contributed by atoms with E-state index in [1.807, 2.05) is 6.07 Å². The normalized spacial score (nSPS) is 16.0. The van der Waals surface area contributed by atoms with Crippen molar-refractivity contribution in [3.05, 3.63) is 23.5 Å². The van der Waals surface area contributed by atoms with Gasteiger partial charge in [-0.15, -0.1) is 0 Å². The first-order chi connectivity index (χ1) is 10.1. The molecule has 0 saturated heterocycles. The van der Waals surface area contributed by atoms with Crippen molar-refractivity contribution in [2.24, 2.45) is 0 Å². The predicted octanol–water partition coefficient (Wildman–Crippen LogP) is 0.731. The van der Waals surface area contributed by atoms with E-state index < -0.39 is 18.0 Å². The summed E-state index contributed by atoms with van der Waals surface area (Å²) in [6, 6.07) is 0.885. The maximum absolute atomic E-state index is 12.1. The Balaban J connectivity index is 2.44. The summed E-state index contributed by atoms with van der Waals surface area (Å²) in [5, 5.41) is 15.8. The lowest BCUT2D eigenvalue weighted by molar-refractivity contribution is -0.149. The Morgan fingerprint density at radius 2 is 2.14 bits per heavy atom. The van der Waals surface area contributed by atoms with Crippen LogP contribution in [0.1, 0.15) is 25.5 Å². The number of hydrogen-bond acceptors (Lipinski definition) is 7. The number of nitriles is 1. The van der Waals surface area contributed by atoms with Crippen LogP contribution in [0.5, 0.6) is 0 Å². The molecule has 0 amide bonds. The second kappa shape index (κ2) is 6.09. The molecule has 0 spiro atoms. The minimum absolute atomic E-state index is 0.0791. The number of rotatable bonds is 4. The highest BCUT2D eigenvalue weighted by Crippen LogP contribution is 2.30. The summed E-state index contributed by atoms with van der Waals surface area (Å²) in [7, 11) is 0. The van der Waals surface area contributed by atoms with E-state index in [2.05, 4.69) is 10.4 Å². The van der Waals surface area contributed by atoms with Crippen molar-refractivity contribution >= 4 is 17.8 Å². The molecule has 2 rings (SSSR count). The molecule has 21 heavy (non-hydrogen) atoms. The molecule has 0 aliphatic carbocycles. The van der Waals surface area contributed by atoms with Crippen LogP contribution >= 0.6 is 0 Å². The van der Waals surface area contributed by atoms with Crippen molar-refractivity contribution in [3.63, 3.8) is 0 Å². The Labute approximate surface area is 120 Å². The zero-order valence-electron chi connectivity index (χ0n) is 11.6. The minimum atomic E-state index is -1.07. The average molecular weight is 290 g/mol.